The Morgan fingerprint density at radius 3 is 2.31 bits per heavy atom. The number of para-hydroxylation sites is 1. The Hall–Kier alpha value is -4.66. The van der Waals surface area contributed by atoms with Crippen molar-refractivity contribution >= 4 is 34.4 Å². The van der Waals surface area contributed by atoms with Crippen LogP contribution in [0.15, 0.2) is 77.6 Å². The van der Waals surface area contributed by atoms with Crippen molar-refractivity contribution in [2.75, 3.05) is 11.9 Å². The zero-order valence-corrected chi connectivity index (χ0v) is 25.7. The van der Waals surface area contributed by atoms with E-state index in [0.717, 1.165) is 48.9 Å². The van der Waals surface area contributed by atoms with E-state index in [0.29, 0.717) is 48.9 Å². The van der Waals surface area contributed by atoms with Gasteiger partial charge in [0.05, 0.1) is 29.2 Å². The molecule has 0 atom stereocenters. The van der Waals surface area contributed by atoms with Crippen LogP contribution in [0.3, 0.4) is 0 Å². The van der Waals surface area contributed by atoms with Crippen LogP contribution in [-0.2, 0) is 20.7 Å². The fraction of sp³-hybridized carbons (Fsp3) is 0.389. The molecular formula is C36H40N4O5. The van der Waals surface area contributed by atoms with E-state index in [1.54, 1.807) is 35.9 Å². The summed E-state index contributed by atoms with van der Waals surface area (Å²) in [5.41, 5.74) is 2.37. The molecule has 2 aliphatic carbocycles. The minimum atomic E-state index is -1.02. The van der Waals surface area contributed by atoms with Crippen LogP contribution in [0.25, 0.3) is 16.6 Å². The van der Waals surface area contributed by atoms with Crippen molar-refractivity contribution < 1.29 is 19.1 Å². The molecule has 0 radical (unpaired) electrons. The van der Waals surface area contributed by atoms with Gasteiger partial charge in [0.1, 0.15) is 5.54 Å². The molecule has 0 spiro atoms. The Morgan fingerprint density at radius 2 is 1.64 bits per heavy atom. The molecule has 2 fully saturated rings. The number of hydrogen-bond donors (Lipinski definition) is 2. The number of fused-ring (bicyclic) bond motifs is 1. The van der Waals surface area contributed by atoms with Crippen LogP contribution >= 0.6 is 0 Å². The topological polar surface area (TPSA) is 111 Å². The monoisotopic (exact) mass is 608 g/mol. The molecule has 234 valence electrons. The van der Waals surface area contributed by atoms with Gasteiger partial charge in [-0.1, -0.05) is 49.6 Å². The summed E-state index contributed by atoms with van der Waals surface area (Å²) in [6.45, 7) is 2.14. The first-order valence-corrected chi connectivity index (χ1v) is 16.1. The highest BCUT2D eigenvalue weighted by Gasteiger charge is 2.45. The normalized spacial score (nSPS) is 16.1. The summed E-state index contributed by atoms with van der Waals surface area (Å²) >= 11 is 0. The number of carbonyl (C=O) groups is 3. The number of benzene rings is 3. The van der Waals surface area contributed by atoms with Crippen molar-refractivity contribution in [3.05, 3.63) is 94.3 Å². The highest BCUT2D eigenvalue weighted by atomic mass is 16.5. The lowest BCUT2D eigenvalue weighted by molar-refractivity contribution is -0.143. The minimum absolute atomic E-state index is 0.154. The minimum Gasteiger partial charge on any atom is -0.466 e. The van der Waals surface area contributed by atoms with Gasteiger partial charge in [0, 0.05) is 17.7 Å². The van der Waals surface area contributed by atoms with Crippen LogP contribution in [0.5, 0.6) is 0 Å². The molecule has 9 heteroatoms. The number of nitrogens with one attached hydrogen (secondary N) is 2. The second kappa shape index (κ2) is 13.1. The molecule has 0 unspecified atom stereocenters. The van der Waals surface area contributed by atoms with Crippen molar-refractivity contribution in [1.29, 1.82) is 0 Å². The predicted molar refractivity (Wildman–Crippen MR) is 174 cm³/mol. The number of nitrogens with zero attached hydrogens (tertiary/aromatic N) is 2. The zero-order chi connectivity index (χ0) is 31.4. The molecule has 0 bridgehead atoms. The lowest BCUT2D eigenvalue weighted by Gasteiger charge is -2.40. The fourth-order valence-corrected chi connectivity index (χ4v) is 6.58. The summed E-state index contributed by atoms with van der Waals surface area (Å²) in [6.07, 6.45) is 8.20. The van der Waals surface area contributed by atoms with Gasteiger partial charge in [0.25, 0.3) is 11.5 Å². The van der Waals surface area contributed by atoms with Gasteiger partial charge in [0.15, 0.2) is 0 Å². The van der Waals surface area contributed by atoms with E-state index in [2.05, 4.69) is 15.3 Å². The average molecular weight is 609 g/mol. The fourth-order valence-electron chi connectivity index (χ4n) is 6.58. The molecule has 6 rings (SSSR count). The second-order valence-corrected chi connectivity index (χ2v) is 12.2. The number of hydrogen-bond acceptors (Lipinski definition) is 5. The molecule has 2 amide bonds. The number of esters is 1. The van der Waals surface area contributed by atoms with E-state index in [1.165, 1.54) is 6.42 Å². The molecule has 3 aromatic carbocycles. The molecule has 0 saturated heterocycles. The molecule has 1 heterocycles. The van der Waals surface area contributed by atoms with Gasteiger partial charge in [-0.25, -0.2) is 4.68 Å². The largest absolute Gasteiger partial charge is 0.466 e. The lowest BCUT2D eigenvalue weighted by Crippen LogP contribution is -2.61. The Balaban J connectivity index is 1.20. The number of aromatic nitrogens is 2. The van der Waals surface area contributed by atoms with Gasteiger partial charge in [-0.3, -0.25) is 23.9 Å². The molecule has 2 saturated carbocycles. The van der Waals surface area contributed by atoms with E-state index in [9.17, 15) is 19.2 Å². The summed E-state index contributed by atoms with van der Waals surface area (Å²) in [5.74, 6) is -0.880. The van der Waals surface area contributed by atoms with Crippen LogP contribution in [0.4, 0.5) is 5.69 Å². The SMILES string of the molecule is CCOC(=O)CCc1ccc(NC(=O)C2(NC(=O)c3ccc4c(c3)c(=O)n(-c3ccccc3)n4C3CCCCC3)CCC2)cc1. The molecule has 4 aromatic rings. The van der Waals surface area contributed by atoms with Crippen LogP contribution in [0.2, 0.25) is 0 Å². The molecular weight excluding hydrogens is 568 g/mol. The Kier molecular flexibility index (Phi) is 8.87. The highest BCUT2D eigenvalue weighted by Crippen LogP contribution is 2.35. The molecule has 0 aliphatic heterocycles. The van der Waals surface area contributed by atoms with E-state index < -0.39 is 5.54 Å². The van der Waals surface area contributed by atoms with Crippen LogP contribution < -0.4 is 16.2 Å². The zero-order valence-electron chi connectivity index (χ0n) is 25.7. The summed E-state index contributed by atoms with van der Waals surface area (Å²) < 4.78 is 8.87. The maximum atomic E-state index is 13.9. The molecule has 45 heavy (non-hydrogen) atoms. The predicted octanol–water partition coefficient (Wildman–Crippen LogP) is 6.08. The molecule has 1 aromatic heterocycles. The second-order valence-electron chi connectivity index (χ2n) is 12.2. The lowest BCUT2D eigenvalue weighted by atomic mass is 9.75. The number of aryl methyl sites for hydroxylation is 1. The number of rotatable bonds is 10. The quantitative estimate of drug-likeness (QED) is 0.212. The molecule has 2 N–H and O–H groups in total. The smallest absolute Gasteiger partial charge is 0.306 e. The van der Waals surface area contributed by atoms with Gasteiger partial charge in [0.2, 0.25) is 5.91 Å². The van der Waals surface area contributed by atoms with Crippen LogP contribution in [-0.4, -0.2) is 39.3 Å². The highest BCUT2D eigenvalue weighted by molar-refractivity contribution is 6.05. The van der Waals surface area contributed by atoms with E-state index in [-0.39, 0.29) is 29.4 Å². The van der Waals surface area contributed by atoms with Gasteiger partial charge in [-0.05, 0) is 93.5 Å². The van der Waals surface area contributed by atoms with Crippen LogP contribution in [0, 0.1) is 0 Å². The first-order chi connectivity index (χ1) is 21.9. The number of carbonyl (C=O) groups excluding carboxylic acids is 3. The summed E-state index contributed by atoms with van der Waals surface area (Å²) in [7, 11) is 0. The van der Waals surface area contributed by atoms with Crippen molar-refractivity contribution in [2.24, 2.45) is 0 Å². The summed E-state index contributed by atoms with van der Waals surface area (Å²) in [6, 6.07) is 22.5. The Morgan fingerprint density at radius 1 is 0.911 bits per heavy atom. The first-order valence-electron chi connectivity index (χ1n) is 16.1. The van der Waals surface area contributed by atoms with Gasteiger partial charge < -0.3 is 15.4 Å². The van der Waals surface area contributed by atoms with Crippen molar-refractivity contribution in [2.45, 2.75) is 82.7 Å². The summed E-state index contributed by atoms with van der Waals surface area (Å²) in [4.78, 5) is 52.6. The first kappa shape index (κ1) is 30.4. The number of amides is 2. The van der Waals surface area contributed by atoms with Crippen LogP contribution in [0.1, 0.15) is 86.7 Å². The van der Waals surface area contributed by atoms with E-state index >= 15 is 0 Å². The third-order valence-electron chi connectivity index (χ3n) is 9.19. The number of anilines is 1. The maximum Gasteiger partial charge on any atom is 0.306 e. The standard InChI is InChI=1S/C36H40N4O5/c1-2-45-32(41)21-16-25-14-18-27(19-15-25)37-35(44)36(22-9-23-36)38-33(42)26-17-20-31-30(24-26)34(43)40(29-12-7-4-8-13-29)39(31)28-10-5-3-6-11-28/h4,7-8,12-15,17-20,24,28H,2-3,5-6,9-11,16,21-23H2,1H3,(H,37,44)(H,38,42). The Labute approximate surface area is 262 Å². The molecule has 9 nitrogen and oxygen atoms in total. The third-order valence-corrected chi connectivity index (χ3v) is 9.19. The van der Waals surface area contributed by atoms with Crippen molar-refractivity contribution in [3.63, 3.8) is 0 Å². The van der Waals surface area contributed by atoms with Crippen molar-refractivity contribution in [1.82, 2.24) is 14.7 Å². The van der Waals surface area contributed by atoms with Crippen molar-refractivity contribution in [3.8, 4) is 5.69 Å². The average Bonchev–Trinajstić information content (AvgIpc) is 3.34. The Bertz CT molecular complexity index is 1750. The number of ether oxygens (including phenoxy) is 1. The molecule has 2 aliphatic rings. The maximum absolute atomic E-state index is 13.9. The third kappa shape index (κ3) is 6.30. The summed E-state index contributed by atoms with van der Waals surface area (Å²) in [5, 5.41) is 6.45. The van der Waals surface area contributed by atoms with Gasteiger partial charge in [-0.2, -0.15) is 0 Å². The van der Waals surface area contributed by atoms with E-state index in [4.69, 9.17) is 4.74 Å². The van der Waals surface area contributed by atoms with Gasteiger partial charge >= 0.3 is 5.97 Å². The van der Waals surface area contributed by atoms with Gasteiger partial charge in [-0.15, -0.1) is 0 Å². The van der Waals surface area contributed by atoms with E-state index in [1.807, 2.05) is 48.5 Å².